The lowest BCUT2D eigenvalue weighted by molar-refractivity contribution is -0.114. The highest BCUT2D eigenvalue weighted by Gasteiger charge is 2.17. The summed E-state index contributed by atoms with van der Waals surface area (Å²) in [5.41, 5.74) is 4.67. The molecule has 6 rings (SSSR count). The van der Waals surface area contributed by atoms with Gasteiger partial charge in [0.05, 0.1) is 46.0 Å². The number of aromatic nitrogens is 2. The fourth-order valence-corrected chi connectivity index (χ4v) is 5.95. The summed E-state index contributed by atoms with van der Waals surface area (Å²) in [6.07, 6.45) is 0.331. The zero-order valence-electron chi connectivity index (χ0n) is 25.1. The summed E-state index contributed by atoms with van der Waals surface area (Å²) in [7, 11) is 1.59. The van der Waals surface area contributed by atoms with Gasteiger partial charge < -0.3 is 20.7 Å². The van der Waals surface area contributed by atoms with Crippen LogP contribution in [0.3, 0.4) is 0 Å². The molecule has 0 aliphatic rings. The number of halogens is 3. The number of carbonyl (C=O) groups excluding carboxylic acids is 1. The summed E-state index contributed by atoms with van der Waals surface area (Å²) in [5.74, 6) is 1.05. The van der Waals surface area contributed by atoms with Crippen molar-refractivity contribution in [1.29, 1.82) is 0 Å². The molecule has 0 atom stereocenters. The average Bonchev–Trinajstić information content (AvgIpc) is 3.07. The number of hydrogen-bond acceptors (Lipinski definition) is 6. The molecule has 0 radical (unpaired) electrons. The van der Waals surface area contributed by atoms with Crippen LogP contribution in [0.2, 0.25) is 10.0 Å². The molecular formula is C36H28BrCl2N5O3. The van der Waals surface area contributed by atoms with Crippen molar-refractivity contribution in [3.8, 4) is 11.4 Å². The standard InChI is InChI=1S/C36H28BrCl2N5O3/c1-47-27-16-12-25(13-17-27)41-34(45)21-40-24-10-14-26(15-11-24)44-33(42-32-18-9-23(37)20-28(32)36(44)46)19-22-5-2-3-8-31(22)43-35-29(38)6-4-7-30(35)39/h2-18,20,40,43H,19,21H2,1H3,(H,41,45). The van der Waals surface area contributed by atoms with Crippen LogP contribution in [0, 0.1) is 0 Å². The minimum atomic E-state index is -0.203. The molecule has 1 heterocycles. The second kappa shape index (κ2) is 14.3. The zero-order valence-corrected chi connectivity index (χ0v) is 28.2. The number of nitrogens with one attached hydrogen (secondary N) is 3. The maximum absolute atomic E-state index is 14.0. The third kappa shape index (κ3) is 7.44. The van der Waals surface area contributed by atoms with E-state index in [2.05, 4.69) is 31.9 Å². The molecule has 0 bridgehead atoms. The van der Waals surface area contributed by atoms with Gasteiger partial charge in [0.1, 0.15) is 11.6 Å². The van der Waals surface area contributed by atoms with E-state index in [4.69, 9.17) is 32.9 Å². The normalized spacial score (nSPS) is 10.9. The molecule has 3 N–H and O–H groups in total. The fraction of sp³-hybridized carbons (Fsp3) is 0.0833. The van der Waals surface area contributed by atoms with Gasteiger partial charge in [0.25, 0.3) is 5.56 Å². The van der Waals surface area contributed by atoms with E-state index in [1.807, 2.05) is 60.7 Å². The lowest BCUT2D eigenvalue weighted by Crippen LogP contribution is -2.24. The minimum absolute atomic E-state index is 0.0569. The van der Waals surface area contributed by atoms with Gasteiger partial charge in [0.15, 0.2) is 0 Å². The van der Waals surface area contributed by atoms with E-state index in [-0.39, 0.29) is 18.0 Å². The van der Waals surface area contributed by atoms with Gasteiger partial charge in [-0.15, -0.1) is 0 Å². The molecule has 0 spiro atoms. The van der Waals surface area contributed by atoms with Gasteiger partial charge in [-0.1, -0.05) is 63.4 Å². The van der Waals surface area contributed by atoms with E-state index in [1.54, 1.807) is 60.2 Å². The van der Waals surface area contributed by atoms with Crippen LogP contribution in [0.4, 0.5) is 22.7 Å². The van der Waals surface area contributed by atoms with Gasteiger partial charge in [-0.3, -0.25) is 14.2 Å². The Labute approximate surface area is 289 Å². The molecule has 5 aromatic carbocycles. The Hall–Kier alpha value is -4.83. The van der Waals surface area contributed by atoms with Gasteiger partial charge in [0.2, 0.25) is 5.91 Å². The van der Waals surface area contributed by atoms with Crippen LogP contribution in [0.5, 0.6) is 5.75 Å². The van der Waals surface area contributed by atoms with Crippen molar-refractivity contribution >= 4 is 78.7 Å². The van der Waals surface area contributed by atoms with Crippen molar-refractivity contribution in [2.45, 2.75) is 6.42 Å². The molecule has 11 heteroatoms. The van der Waals surface area contributed by atoms with E-state index in [9.17, 15) is 9.59 Å². The first-order valence-electron chi connectivity index (χ1n) is 14.6. The van der Waals surface area contributed by atoms with Gasteiger partial charge in [0, 0.05) is 28.0 Å². The van der Waals surface area contributed by atoms with Crippen molar-refractivity contribution < 1.29 is 9.53 Å². The van der Waals surface area contributed by atoms with Gasteiger partial charge in [-0.25, -0.2) is 4.98 Å². The van der Waals surface area contributed by atoms with Crippen molar-refractivity contribution in [2.75, 3.05) is 29.6 Å². The fourth-order valence-electron chi connectivity index (χ4n) is 5.10. The molecule has 0 fully saturated rings. The summed E-state index contributed by atoms with van der Waals surface area (Å²) in [6.45, 7) is 0.0569. The Bertz CT molecular complexity index is 2120. The molecule has 8 nitrogen and oxygen atoms in total. The van der Waals surface area contributed by atoms with Crippen molar-refractivity contribution in [3.63, 3.8) is 0 Å². The first-order valence-corrected chi connectivity index (χ1v) is 16.1. The quantitative estimate of drug-likeness (QED) is 0.130. The molecule has 0 saturated heterocycles. The monoisotopic (exact) mass is 727 g/mol. The molecule has 0 unspecified atom stereocenters. The van der Waals surface area contributed by atoms with Crippen LogP contribution in [-0.4, -0.2) is 29.1 Å². The summed E-state index contributed by atoms with van der Waals surface area (Å²) in [5, 5.41) is 10.8. The third-order valence-corrected chi connectivity index (χ3v) is 8.56. The lowest BCUT2D eigenvalue weighted by atomic mass is 10.1. The maximum atomic E-state index is 14.0. The summed E-state index contributed by atoms with van der Waals surface area (Å²) < 4.78 is 7.56. The summed E-state index contributed by atoms with van der Waals surface area (Å²) >= 11 is 16.4. The largest absolute Gasteiger partial charge is 0.497 e. The number of anilines is 4. The van der Waals surface area contributed by atoms with Gasteiger partial charge in [-0.05, 0) is 90.5 Å². The Morgan fingerprint density at radius 1 is 0.872 bits per heavy atom. The van der Waals surface area contributed by atoms with Crippen LogP contribution in [0.25, 0.3) is 16.6 Å². The number of para-hydroxylation sites is 2. The molecule has 0 aliphatic heterocycles. The topological polar surface area (TPSA) is 97.3 Å². The minimum Gasteiger partial charge on any atom is -0.497 e. The second-order valence-corrected chi connectivity index (χ2v) is 12.3. The molecule has 0 saturated carbocycles. The van der Waals surface area contributed by atoms with Crippen LogP contribution in [0.15, 0.2) is 118 Å². The van der Waals surface area contributed by atoms with Crippen LogP contribution in [-0.2, 0) is 11.2 Å². The number of ether oxygens (including phenoxy) is 1. The van der Waals surface area contributed by atoms with Crippen molar-refractivity contribution in [1.82, 2.24) is 9.55 Å². The van der Waals surface area contributed by atoms with Crippen LogP contribution in [0.1, 0.15) is 11.4 Å². The van der Waals surface area contributed by atoms with Gasteiger partial charge >= 0.3 is 0 Å². The number of benzene rings is 5. The van der Waals surface area contributed by atoms with Crippen LogP contribution >= 0.6 is 39.1 Å². The molecule has 1 aromatic heterocycles. The number of nitrogens with zero attached hydrogens (tertiary/aromatic N) is 2. The number of hydrogen-bond donors (Lipinski definition) is 3. The number of methoxy groups -OCH3 is 1. The first-order chi connectivity index (χ1) is 22.8. The third-order valence-electron chi connectivity index (χ3n) is 7.44. The predicted molar refractivity (Wildman–Crippen MR) is 194 cm³/mol. The smallest absolute Gasteiger partial charge is 0.266 e. The van der Waals surface area contributed by atoms with E-state index in [0.717, 1.165) is 21.4 Å². The highest BCUT2D eigenvalue weighted by atomic mass is 79.9. The molecule has 236 valence electrons. The Morgan fingerprint density at radius 2 is 1.57 bits per heavy atom. The number of amides is 1. The molecule has 6 aromatic rings. The predicted octanol–water partition coefficient (Wildman–Crippen LogP) is 8.85. The highest BCUT2D eigenvalue weighted by molar-refractivity contribution is 9.10. The average molecular weight is 729 g/mol. The van der Waals surface area contributed by atoms with Crippen LogP contribution < -0.4 is 26.2 Å². The Balaban J connectivity index is 1.29. The van der Waals surface area contributed by atoms with E-state index in [0.29, 0.717) is 56.0 Å². The Kier molecular flexibility index (Phi) is 9.77. The Morgan fingerprint density at radius 3 is 2.30 bits per heavy atom. The van der Waals surface area contributed by atoms with Crippen molar-refractivity contribution in [3.05, 3.63) is 145 Å². The van der Waals surface area contributed by atoms with Crippen molar-refractivity contribution in [2.24, 2.45) is 0 Å². The van der Waals surface area contributed by atoms with Gasteiger partial charge in [-0.2, -0.15) is 0 Å². The number of carbonyl (C=O) groups is 1. The summed E-state index contributed by atoms with van der Waals surface area (Å²) in [4.78, 5) is 31.5. The summed E-state index contributed by atoms with van der Waals surface area (Å²) in [6, 6.07) is 33.0. The first kappa shape index (κ1) is 32.1. The second-order valence-electron chi connectivity index (χ2n) is 10.6. The number of fused-ring (bicyclic) bond motifs is 1. The highest BCUT2D eigenvalue weighted by Crippen LogP contribution is 2.34. The van der Waals surface area contributed by atoms with E-state index >= 15 is 0 Å². The molecule has 47 heavy (non-hydrogen) atoms. The van der Waals surface area contributed by atoms with E-state index in [1.165, 1.54) is 0 Å². The molecule has 1 amide bonds. The zero-order chi connectivity index (χ0) is 32.9. The molecule has 0 aliphatic carbocycles. The molecular weight excluding hydrogens is 701 g/mol. The number of rotatable bonds is 10. The SMILES string of the molecule is COc1ccc(NC(=O)CNc2ccc(-n3c(Cc4ccccc4Nc4c(Cl)cccc4Cl)nc4ccc(Br)cc4c3=O)cc2)cc1. The van der Waals surface area contributed by atoms with E-state index < -0.39 is 0 Å². The lowest BCUT2D eigenvalue weighted by Gasteiger charge is -2.17. The maximum Gasteiger partial charge on any atom is 0.266 e.